The lowest BCUT2D eigenvalue weighted by Crippen LogP contribution is -2.63. The van der Waals surface area contributed by atoms with Crippen molar-refractivity contribution in [1.82, 2.24) is 5.32 Å². The van der Waals surface area contributed by atoms with E-state index in [0.717, 1.165) is 31.5 Å². The van der Waals surface area contributed by atoms with Gasteiger partial charge in [0.25, 0.3) is 0 Å². The molecule has 1 N–H and O–H groups in total. The van der Waals surface area contributed by atoms with E-state index in [4.69, 9.17) is 4.74 Å². The predicted molar refractivity (Wildman–Crippen MR) is 76.3 cm³/mol. The highest BCUT2D eigenvalue weighted by molar-refractivity contribution is 5.29. The molecule has 0 radical (unpaired) electrons. The predicted octanol–water partition coefficient (Wildman–Crippen LogP) is 4.25. The summed E-state index contributed by atoms with van der Waals surface area (Å²) in [5.41, 5.74) is -0.620. The van der Waals surface area contributed by atoms with Crippen LogP contribution in [0, 0.1) is 5.41 Å². The Bertz CT molecular complexity index is 471. The van der Waals surface area contributed by atoms with Gasteiger partial charge in [0.15, 0.2) is 0 Å². The van der Waals surface area contributed by atoms with Gasteiger partial charge in [-0.15, -0.1) is 0 Å². The van der Waals surface area contributed by atoms with Crippen LogP contribution in [0.3, 0.4) is 0 Å². The summed E-state index contributed by atoms with van der Waals surface area (Å²) in [5, 5.41) is 3.44. The Kier molecular flexibility index (Phi) is 4.51. The maximum atomic E-state index is 12.5. The Morgan fingerprint density at radius 1 is 1.24 bits per heavy atom. The summed E-state index contributed by atoms with van der Waals surface area (Å²) in [5.74, 6) is 0.502. The molecule has 3 atom stereocenters. The Labute approximate surface area is 123 Å². The fraction of sp³-hybridized carbons (Fsp3) is 0.625. The Hall–Kier alpha value is -1.23. The van der Waals surface area contributed by atoms with Crippen LogP contribution in [0.2, 0.25) is 0 Å². The summed E-state index contributed by atoms with van der Waals surface area (Å²) in [4.78, 5) is 0. The second kappa shape index (κ2) is 5.87. The fourth-order valence-electron chi connectivity index (χ4n) is 2.92. The van der Waals surface area contributed by atoms with Crippen molar-refractivity contribution < 1.29 is 17.9 Å². The number of halogens is 3. The topological polar surface area (TPSA) is 21.3 Å². The highest BCUT2D eigenvalue weighted by Crippen LogP contribution is 2.46. The molecule has 2 rings (SSSR count). The first-order valence-corrected chi connectivity index (χ1v) is 7.38. The average Bonchev–Trinajstić information content (AvgIpc) is 2.45. The summed E-state index contributed by atoms with van der Waals surface area (Å²) in [7, 11) is 0. The zero-order valence-corrected chi connectivity index (χ0v) is 12.6. The molecular formula is C16H22F3NO. The van der Waals surface area contributed by atoms with E-state index in [1.165, 1.54) is 12.1 Å². The van der Waals surface area contributed by atoms with Crippen molar-refractivity contribution in [2.45, 2.75) is 51.9 Å². The molecular weight excluding hydrogens is 279 g/mol. The molecule has 1 aliphatic rings. The van der Waals surface area contributed by atoms with Crippen LogP contribution in [0.25, 0.3) is 0 Å². The number of benzene rings is 1. The first-order chi connectivity index (χ1) is 9.81. The van der Waals surface area contributed by atoms with E-state index in [2.05, 4.69) is 26.1 Å². The van der Waals surface area contributed by atoms with Crippen LogP contribution in [0.15, 0.2) is 24.3 Å². The van der Waals surface area contributed by atoms with E-state index in [1.807, 2.05) is 0 Å². The van der Waals surface area contributed by atoms with Crippen LogP contribution in [0.4, 0.5) is 13.2 Å². The number of hydrogen-bond acceptors (Lipinski definition) is 2. The highest BCUT2D eigenvalue weighted by atomic mass is 19.4. The van der Waals surface area contributed by atoms with Gasteiger partial charge >= 0.3 is 6.18 Å². The van der Waals surface area contributed by atoms with Gasteiger partial charge in [-0.2, -0.15) is 13.2 Å². The third-order valence-electron chi connectivity index (χ3n) is 4.65. The second-order valence-corrected chi connectivity index (χ2v) is 5.83. The van der Waals surface area contributed by atoms with Crippen LogP contribution in [0.1, 0.15) is 39.2 Å². The van der Waals surface area contributed by atoms with E-state index in [1.54, 1.807) is 0 Å². The molecule has 1 saturated carbocycles. The SMILES string of the molecule is CCNC1CC(Oc2ccc(C(F)(F)F)cc2)C1(C)CC. The standard InChI is InChI=1S/C16H22F3NO/c1-4-15(3)13(20-5-2)10-14(15)21-12-8-6-11(7-9-12)16(17,18)19/h6-9,13-14,20H,4-5,10H2,1-3H3. The largest absolute Gasteiger partial charge is 0.490 e. The van der Waals surface area contributed by atoms with Gasteiger partial charge < -0.3 is 10.1 Å². The van der Waals surface area contributed by atoms with Crippen LogP contribution >= 0.6 is 0 Å². The second-order valence-electron chi connectivity index (χ2n) is 5.83. The molecule has 5 heteroatoms. The molecule has 118 valence electrons. The van der Waals surface area contributed by atoms with Crippen LogP contribution < -0.4 is 10.1 Å². The zero-order chi connectivity index (χ0) is 15.7. The molecule has 0 saturated heterocycles. The first kappa shape index (κ1) is 16.1. The molecule has 1 aliphatic carbocycles. The van der Waals surface area contributed by atoms with E-state index in [9.17, 15) is 13.2 Å². The molecule has 0 aliphatic heterocycles. The van der Waals surface area contributed by atoms with Gasteiger partial charge in [0.1, 0.15) is 11.9 Å². The molecule has 1 fully saturated rings. The fourth-order valence-corrected chi connectivity index (χ4v) is 2.92. The quantitative estimate of drug-likeness (QED) is 0.878. The van der Waals surface area contributed by atoms with Crippen LogP contribution in [0.5, 0.6) is 5.75 Å². The zero-order valence-electron chi connectivity index (χ0n) is 12.6. The van der Waals surface area contributed by atoms with Gasteiger partial charge in [0.2, 0.25) is 0 Å². The molecule has 0 aromatic heterocycles. The van der Waals surface area contributed by atoms with Crippen molar-refractivity contribution in [3.05, 3.63) is 29.8 Å². The van der Waals surface area contributed by atoms with Crippen molar-refractivity contribution in [2.24, 2.45) is 5.41 Å². The third kappa shape index (κ3) is 3.18. The van der Waals surface area contributed by atoms with Crippen LogP contribution in [-0.2, 0) is 6.18 Å². The van der Waals surface area contributed by atoms with Gasteiger partial charge in [-0.25, -0.2) is 0 Å². The number of rotatable bonds is 5. The lowest BCUT2D eigenvalue weighted by atomic mass is 9.61. The third-order valence-corrected chi connectivity index (χ3v) is 4.65. The minimum atomic E-state index is -4.30. The maximum Gasteiger partial charge on any atom is 0.416 e. The van der Waals surface area contributed by atoms with Crippen molar-refractivity contribution in [3.63, 3.8) is 0 Å². The number of hydrogen-bond donors (Lipinski definition) is 1. The summed E-state index contributed by atoms with van der Waals surface area (Å²) < 4.78 is 43.5. The van der Waals surface area contributed by atoms with Crippen molar-refractivity contribution in [3.8, 4) is 5.75 Å². The smallest absolute Gasteiger partial charge is 0.416 e. The molecule has 0 heterocycles. The van der Waals surface area contributed by atoms with Gasteiger partial charge in [0.05, 0.1) is 5.56 Å². The molecule has 0 bridgehead atoms. The summed E-state index contributed by atoms with van der Waals surface area (Å²) in [6, 6.07) is 5.35. The molecule has 2 nitrogen and oxygen atoms in total. The van der Waals surface area contributed by atoms with E-state index >= 15 is 0 Å². The van der Waals surface area contributed by atoms with E-state index in [-0.39, 0.29) is 11.5 Å². The molecule has 21 heavy (non-hydrogen) atoms. The number of alkyl halides is 3. The summed E-state index contributed by atoms with van der Waals surface area (Å²) in [6.45, 7) is 7.26. The molecule has 1 aromatic rings. The normalized spacial score (nSPS) is 29.0. The van der Waals surface area contributed by atoms with Crippen molar-refractivity contribution in [1.29, 1.82) is 0 Å². The molecule has 3 unspecified atom stereocenters. The Balaban J connectivity index is 2.03. The van der Waals surface area contributed by atoms with E-state index in [0.29, 0.717) is 11.8 Å². The number of ether oxygens (including phenoxy) is 1. The maximum absolute atomic E-state index is 12.5. The minimum Gasteiger partial charge on any atom is -0.490 e. The van der Waals surface area contributed by atoms with Gasteiger partial charge in [-0.1, -0.05) is 20.8 Å². The van der Waals surface area contributed by atoms with Gasteiger partial charge in [0, 0.05) is 17.9 Å². The monoisotopic (exact) mass is 301 g/mol. The van der Waals surface area contributed by atoms with Crippen molar-refractivity contribution >= 4 is 0 Å². The van der Waals surface area contributed by atoms with Gasteiger partial charge in [-0.05, 0) is 37.2 Å². The number of nitrogens with one attached hydrogen (secondary N) is 1. The minimum absolute atomic E-state index is 0.0265. The van der Waals surface area contributed by atoms with E-state index < -0.39 is 11.7 Å². The summed E-state index contributed by atoms with van der Waals surface area (Å²) in [6.07, 6.45) is -2.40. The first-order valence-electron chi connectivity index (χ1n) is 7.38. The molecule has 0 amide bonds. The highest BCUT2D eigenvalue weighted by Gasteiger charge is 2.51. The average molecular weight is 301 g/mol. The summed E-state index contributed by atoms with van der Waals surface area (Å²) >= 11 is 0. The Morgan fingerprint density at radius 3 is 2.33 bits per heavy atom. The lowest BCUT2D eigenvalue weighted by Gasteiger charge is -2.53. The molecule has 1 aromatic carbocycles. The molecule has 0 spiro atoms. The Morgan fingerprint density at radius 2 is 1.86 bits per heavy atom. The van der Waals surface area contributed by atoms with Crippen LogP contribution in [-0.4, -0.2) is 18.7 Å². The van der Waals surface area contributed by atoms with Crippen molar-refractivity contribution in [2.75, 3.05) is 6.54 Å². The van der Waals surface area contributed by atoms with Gasteiger partial charge in [-0.3, -0.25) is 0 Å². The lowest BCUT2D eigenvalue weighted by molar-refractivity contribution is -0.137.